The van der Waals surface area contributed by atoms with Crippen molar-refractivity contribution < 1.29 is 59.9 Å². The number of nitrogens with zero attached hydrogens (tertiary/aromatic N) is 2. The summed E-state index contributed by atoms with van der Waals surface area (Å²) in [4.78, 5) is 37.0. The number of H-pyrrole nitrogens is 1. The van der Waals surface area contributed by atoms with E-state index in [9.17, 15) is 50.4 Å². The number of carboxylic acids is 1. The molecule has 0 radical (unpaired) electrons. The molecule has 3 aliphatic carbocycles. The number of aromatic amines is 1. The molecule has 0 unspecified atom stereocenters. The van der Waals surface area contributed by atoms with E-state index < -0.39 is 83.2 Å². The predicted octanol–water partition coefficient (Wildman–Crippen LogP) is 3.22. The van der Waals surface area contributed by atoms with Crippen molar-refractivity contribution in [2.24, 2.45) is 11.8 Å². The number of aliphatic carboxylic acids is 1. The number of allylic oxidation sites excluding steroid dienone is 2. The van der Waals surface area contributed by atoms with Gasteiger partial charge in [-0.25, -0.2) is 9.78 Å². The Labute approximate surface area is 343 Å². The second-order valence-corrected chi connectivity index (χ2v) is 16.4. The van der Waals surface area contributed by atoms with Gasteiger partial charge >= 0.3 is 11.9 Å². The maximum Gasteiger partial charge on any atom is 0.355 e. The van der Waals surface area contributed by atoms with Crippen molar-refractivity contribution in [3.05, 3.63) is 125 Å². The number of hydrogen-bond acceptors (Lipinski definition) is 12. The van der Waals surface area contributed by atoms with E-state index in [2.05, 4.69) is 28.2 Å². The van der Waals surface area contributed by atoms with E-state index in [1.54, 1.807) is 24.4 Å². The SMILES string of the molecule is O=C(/C=C/c1ccc(O)c(Cc2cnc[nH]2)c1)N1c2cc(O[C@]3(O)O[C@H](CO)[C@@H](O)[C@H](O)[C@H]3O)c(O)cc2[C@H]2[C@H]([C@@]34CCCC[C@@H]3C=Cc3ccccc34)C=C[C@]21C(=O)O. The molecule has 2 fully saturated rings. The van der Waals surface area contributed by atoms with Crippen molar-refractivity contribution in [3.8, 4) is 17.2 Å². The zero-order valence-corrected chi connectivity index (χ0v) is 32.2. The van der Waals surface area contributed by atoms with E-state index in [4.69, 9.17) is 9.47 Å². The largest absolute Gasteiger partial charge is 0.508 e. The van der Waals surface area contributed by atoms with Crippen molar-refractivity contribution in [1.82, 2.24) is 9.97 Å². The molecule has 15 nitrogen and oxygen atoms in total. The summed E-state index contributed by atoms with van der Waals surface area (Å²) in [5, 5.41) is 86.5. The number of aliphatic hydroxyl groups is 5. The van der Waals surface area contributed by atoms with Crippen LogP contribution in [0.1, 0.15) is 65.1 Å². The number of aromatic hydroxyl groups is 2. The molecule has 15 heteroatoms. The fraction of sp³-hybridized carbons (Fsp3) is 0.356. The number of carbonyl (C=O) groups excluding carboxylic acids is 1. The first-order valence-electron chi connectivity index (χ1n) is 20.0. The summed E-state index contributed by atoms with van der Waals surface area (Å²) in [5.74, 6) is -7.72. The molecule has 60 heavy (non-hydrogen) atoms. The number of ether oxygens (including phenoxy) is 2. The molecule has 2 aliphatic heterocycles. The van der Waals surface area contributed by atoms with Crippen LogP contribution in [-0.2, 0) is 26.2 Å². The summed E-state index contributed by atoms with van der Waals surface area (Å²) in [6.45, 7) is -0.884. The number of phenols is 2. The number of carbonyl (C=O) groups is 2. The quantitative estimate of drug-likeness (QED) is 0.0670. The lowest BCUT2D eigenvalue weighted by atomic mass is 9.51. The van der Waals surface area contributed by atoms with Gasteiger partial charge in [0, 0.05) is 47.4 Å². The smallest absolute Gasteiger partial charge is 0.355 e. The fourth-order valence-corrected chi connectivity index (χ4v) is 10.5. The Bertz CT molecular complexity index is 2430. The van der Waals surface area contributed by atoms with E-state index in [0.717, 1.165) is 47.4 Å². The molecule has 0 spiro atoms. The first-order valence-corrected chi connectivity index (χ1v) is 20.0. The summed E-state index contributed by atoms with van der Waals surface area (Å²) in [6.07, 6.45) is 9.69. The van der Waals surface area contributed by atoms with Crippen LogP contribution in [0.2, 0.25) is 0 Å². The van der Waals surface area contributed by atoms with Gasteiger partial charge in [-0.1, -0.05) is 67.5 Å². The van der Waals surface area contributed by atoms with Crippen molar-refractivity contribution >= 4 is 29.7 Å². The van der Waals surface area contributed by atoms with Crippen LogP contribution in [0.25, 0.3) is 12.2 Å². The Morgan fingerprint density at radius 1 is 1.02 bits per heavy atom. The monoisotopic (exact) mass is 819 g/mol. The first kappa shape index (κ1) is 39.6. The molecule has 9 N–H and O–H groups in total. The van der Waals surface area contributed by atoms with Crippen LogP contribution in [0, 0.1) is 11.8 Å². The zero-order chi connectivity index (χ0) is 42.1. The van der Waals surface area contributed by atoms with Crippen molar-refractivity contribution in [2.75, 3.05) is 11.5 Å². The van der Waals surface area contributed by atoms with Gasteiger partial charge in [0.2, 0.25) is 0 Å². The number of phenolic OH excluding ortho intramolecular Hbond substituents is 2. The summed E-state index contributed by atoms with van der Waals surface area (Å²) in [6, 6.07) is 15.3. The number of imidazole rings is 1. The predicted molar refractivity (Wildman–Crippen MR) is 215 cm³/mol. The third-order valence-corrected chi connectivity index (χ3v) is 13.2. The topological polar surface area (TPSA) is 246 Å². The summed E-state index contributed by atoms with van der Waals surface area (Å²) >= 11 is 0. The maximum absolute atomic E-state index is 14.8. The highest BCUT2D eigenvalue weighted by Crippen LogP contribution is 2.66. The van der Waals surface area contributed by atoms with Gasteiger partial charge in [0.25, 0.3) is 5.91 Å². The normalized spacial score (nSPS) is 32.7. The van der Waals surface area contributed by atoms with Crippen LogP contribution >= 0.6 is 0 Å². The standard InChI is InChI=1S/C45H45N3O12/c49-22-36-39(53)40(54)41(55)45(58,60-36)59-35-20-32-29(19-34(35)51)38-31(43-15-4-3-6-27(43)11-10-25-5-1-2-7-30(25)43)14-16-44(38,42(56)57)48(32)37(52)13-9-24-8-12-33(50)26(17-24)18-28-21-46-23-47-28/h1-2,5,7-14,16-17,19-21,23,27,31,36,38-41,49-51,53-55,58H,3-4,6,15,18,22H2,(H,46,47)(H,56,57)/b13-9+/t27-,31-,36-,38+,39-,40+,41-,43+,44-,45+/m1/s1. The number of hydrogen-bond donors (Lipinski definition) is 9. The zero-order valence-electron chi connectivity index (χ0n) is 32.2. The van der Waals surface area contributed by atoms with Gasteiger partial charge in [-0.05, 0) is 71.2 Å². The number of carboxylic acid groups (broad SMARTS) is 1. The highest BCUT2D eigenvalue weighted by Gasteiger charge is 2.67. The number of nitrogens with one attached hydrogen (secondary N) is 1. The Hall–Kier alpha value is -5.81. The summed E-state index contributed by atoms with van der Waals surface area (Å²) in [7, 11) is 0. The lowest BCUT2D eigenvalue weighted by molar-refractivity contribution is -0.422. The lowest BCUT2D eigenvalue weighted by Gasteiger charge is -2.52. The van der Waals surface area contributed by atoms with Crippen LogP contribution in [0.3, 0.4) is 0 Å². The molecule has 1 aromatic heterocycles. The second-order valence-electron chi connectivity index (χ2n) is 16.4. The number of rotatable bonds is 9. The third-order valence-electron chi connectivity index (χ3n) is 13.2. The average molecular weight is 820 g/mol. The highest BCUT2D eigenvalue weighted by atomic mass is 16.8. The number of aromatic nitrogens is 2. The molecule has 9 rings (SSSR count). The summed E-state index contributed by atoms with van der Waals surface area (Å²) in [5.41, 5.74) is 1.67. The number of benzene rings is 3. The Kier molecular flexibility index (Phi) is 9.73. The number of anilines is 1. The van der Waals surface area contributed by atoms with Crippen LogP contribution in [-0.4, -0.2) is 105 Å². The van der Waals surface area contributed by atoms with Crippen LogP contribution < -0.4 is 9.64 Å². The molecule has 1 amide bonds. The van der Waals surface area contributed by atoms with Crippen LogP contribution in [0.15, 0.2) is 91.4 Å². The minimum absolute atomic E-state index is 0.0291. The number of fused-ring (bicyclic) bond motifs is 6. The van der Waals surface area contributed by atoms with Crippen molar-refractivity contribution in [2.45, 2.75) is 79.4 Å². The molecule has 10 atom stereocenters. The third kappa shape index (κ3) is 5.98. The maximum atomic E-state index is 14.8. The molecular formula is C45H45N3O12. The fourth-order valence-electron chi connectivity index (χ4n) is 10.5. The molecule has 0 bridgehead atoms. The molecule has 4 aromatic rings. The van der Waals surface area contributed by atoms with Gasteiger partial charge in [-0.2, -0.15) is 0 Å². The Morgan fingerprint density at radius 2 is 1.83 bits per heavy atom. The highest BCUT2D eigenvalue weighted by molar-refractivity contribution is 6.13. The van der Waals surface area contributed by atoms with Crippen LogP contribution in [0.5, 0.6) is 17.2 Å². The van der Waals surface area contributed by atoms with Crippen molar-refractivity contribution in [1.29, 1.82) is 0 Å². The molecule has 5 aliphatic rings. The minimum Gasteiger partial charge on any atom is -0.508 e. The van der Waals surface area contributed by atoms with E-state index >= 15 is 0 Å². The molecule has 3 heterocycles. The second kappa shape index (κ2) is 14.7. The molecule has 1 saturated carbocycles. The molecular weight excluding hydrogens is 775 g/mol. The minimum atomic E-state index is -3.12. The lowest BCUT2D eigenvalue weighted by Crippen LogP contribution is -2.67. The van der Waals surface area contributed by atoms with E-state index in [1.165, 1.54) is 36.7 Å². The number of aliphatic hydroxyl groups excluding tert-OH is 4. The number of amides is 1. The van der Waals surface area contributed by atoms with Gasteiger partial charge in [0.1, 0.15) is 24.1 Å². The Balaban J connectivity index is 1.17. The van der Waals surface area contributed by atoms with E-state index in [1.807, 2.05) is 24.3 Å². The van der Waals surface area contributed by atoms with Gasteiger partial charge in [0.15, 0.2) is 23.1 Å². The van der Waals surface area contributed by atoms with Crippen molar-refractivity contribution in [3.63, 3.8) is 0 Å². The first-order chi connectivity index (χ1) is 28.8. The van der Waals surface area contributed by atoms with Crippen LogP contribution in [0.4, 0.5) is 5.69 Å². The van der Waals surface area contributed by atoms with E-state index in [0.29, 0.717) is 23.1 Å². The van der Waals surface area contributed by atoms with Gasteiger partial charge in [0.05, 0.1) is 18.6 Å². The van der Waals surface area contributed by atoms with E-state index in [-0.39, 0.29) is 17.4 Å². The van der Waals surface area contributed by atoms with Gasteiger partial charge in [-0.15, -0.1) is 0 Å². The van der Waals surface area contributed by atoms with Gasteiger partial charge in [-0.3, -0.25) is 9.69 Å². The average Bonchev–Trinajstić information content (AvgIpc) is 3.98. The molecule has 3 aromatic carbocycles. The molecule has 1 saturated heterocycles. The molecule has 312 valence electrons. The Morgan fingerprint density at radius 3 is 2.60 bits per heavy atom. The summed E-state index contributed by atoms with van der Waals surface area (Å²) < 4.78 is 11.0. The van der Waals surface area contributed by atoms with Gasteiger partial charge < -0.3 is 55.3 Å².